The highest BCUT2D eigenvalue weighted by molar-refractivity contribution is 7.80. The van der Waals surface area contributed by atoms with Crippen molar-refractivity contribution in [3.8, 4) is 0 Å². The van der Waals surface area contributed by atoms with Crippen LogP contribution in [0.2, 0.25) is 0 Å². The van der Waals surface area contributed by atoms with Gasteiger partial charge in [-0.05, 0) is 74.5 Å². The predicted octanol–water partition coefficient (Wildman–Crippen LogP) is 4.86. The molecule has 0 amide bonds. The molecule has 28 heavy (non-hydrogen) atoms. The molecule has 1 heterocycles. The van der Waals surface area contributed by atoms with E-state index in [4.69, 9.17) is 17.0 Å². The van der Waals surface area contributed by atoms with E-state index in [2.05, 4.69) is 10.6 Å². The number of anilines is 1. The molecule has 3 rings (SSSR count). The number of rotatable bonds is 6. The minimum atomic E-state index is -0.279. The summed E-state index contributed by atoms with van der Waals surface area (Å²) in [7, 11) is 0. The van der Waals surface area contributed by atoms with Gasteiger partial charge in [-0.1, -0.05) is 18.6 Å². The Labute approximate surface area is 174 Å². The lowest BCUT2D eigenvalue weighted by Gasteiger charge is -2.12. The zero-order valence-electron chi connectivity index (χ0n) is 16.0. The molecule has 1 aromatic carbocycles. The maximum atomic E-state index is 13.0. The fourth-order valence-electron chi connectivity index (χ4n) is 3.37. The summed E-state index contributed by atoms with van der Waals surface area (Å²) in [6.45, 7) is 2.79. The topological polar surface area (TPSA) is 50.4 Å². The molecule has 0 bridgehead atoms. The molecule has 4 nitrogen and oxygen atoms in total. The summed E-state index contributed by atoms with van der Waals surface area (Å²) in [5.41, 5.74) is 2.80. The fourth-order valence-corrected chi connectivity index (χ4v) is 4.92. The highest BCUT2D eigenvalue weighted by Gasteiger charge is 2.26. The van der Waals surface area contributed by atoms with Gasteiger partial charge in [0.15, 0.2) is 5.11 Å². The smallest absolute Gasteiger partial charge is 0.341 e. The van der Waals surface area contributed by atoms with Gasteiger partial charge in [-0.2, -0.15) is 0 Å². The van der Waals surface area contributed by atoms with Gasteiger partial charge in [-0.3, -0.25) is 0 Å². The van der Waals surface area contributed by atoms with E-state index in [-0.39, 0.29) is 11.8 Å². The monoisotopic (exact) mass is 420 g/mol. The Hall–Kier alpha value is -1.99. The third-order valence-electron chi connectivity index (χ3n) is 4.74. The van der Waals surface area contributed by atoms with Crippen molar-refractivity contribution in [3.63, 3.8) is 0 Å². The van der Waals surface area contributed by atoms with Gasteiger partial charge in [0.1, 0.15) is 10.8 Å². The van der Waals surface area contributed by atoms with Crippen LogP contribution in [0, 0.1) is 5.82 Å². The summed E-state index contributed by atoms with van der Waals surface area (Å²) in [6.07, 6.45) is 6.07. The van der Waals surface area contributed by atoms with Crippen LogP contribution in [0.25, 0.3) is 0 Å². The quantitative estimate of drug-likeness (QED) is 0.397. The van der Waals surface area contributed by atoms with Gasteiger partial charge < -0.3 is 15.4 Å². The third-order valence-corrected chi connectivity index (χ3v) is 6.19. The second kappa shape index (κ2) is 9.98. The Bertz CT molecular complexity index is 834. The van der Waals surface area contributed by atoms with Gasteiger partial charge in [0.05, 0.1) is 12.2 Å². The van der Waals surface area contributed by atoms with Crippen LogP contribution in [0.3, 0.4) is 0 Å². The number of hydrogen-bond acceptors (Lipinski definition) is 4. The first-order chi connectivity index (χ1) is 13.6. The normalized spacial score (nSPS) is 13.4. The van der Waals surface area contributed by atoms with Crippen molar-refractivity contribution in [3.05, 3.63) is 51.7 Å². The number of thiophene rings is 1. The summed E-state index contributed by atoms with van der Waals surface area (Å²) in [6, 6.07) is 6.44. The highest BCUT2D eigenvalue weighted by atomic mass is 32.1. The van der Waals surface area contributed by atoms with E-state index >= 15 is 0 Å². The first-order valence-corrected chi connectivity index (χ1v) is 10.9. The van der Waals surface area contributed by atoms with Crippen molar-refractivity contribution in [2.75, 3.05) is 18.5 Å². The number of thiocarbonyl (C=S) groups is 1. The number of carbonyl (C=O) groups is 1. The van der Waals surface area contributed by atoms with Crippen LogP contribution in [-0.4, -0.2) is 24.2 Å². The number of hydrogen-bond donors (Lipinski definition) is 2. The lowest BCUT2D eigenvalue weighted by atomic mass is 10.1. The molecule has 1 aliphatic rings. The maximum Gasteiger partial charge on any atom is 0.341 e. The van der Waals surface area contributed by atoms with Crippen LogP contribution >= 0.6 is 23.6 Å². The van der Waals surface area contributed by atoms with Crippen molar-refractivity contribution < 1.29 is 13.9 Å². The summed E-state index contributed by atoms with van der Waals surface area (Å²) >= 11 is 7.03. The molecule has 2 aromatic rings. The molecular formula is C21H25FN2O2S2. The lowest BCUT2D eigenvalue weighted by molar-refractivity contribution is 0.0527. The van der Waals surface area contributed by atoms with E-state index in [0.29, 0.717) is 23.8 Å². The van der Waals surface area contributed by atoms with E-state index in [1.807, 2.05) is 6.92 Å². The van der Waals surface area contributed by atoms with Crippen LogP contribution in [0.4, 0.5) is 9.39 Å². The van der Waals surface area contributed by atoms with E-state index in [0.717, 1.165) is 48.2 Å². The second-order valence-corrected chi connectivity index (χ2v) is 8.26. The van der Waals surface area contributed by atoms with Crippen LogP contribution in [0.5, 0.6) is 0 Å². The molecule has 1 aliphatic carbocycles. The molecule has 0 atom stereocenters. The average Bonchev–Trinajstić information content (AvgIpc) is 2.84. The van der Waals surface area contributed by atoms with Gasteiger partial charge in [-0.25, -0.2) is 9.18 Å². The second-order valence-electron chi connectivity index (χ2n) is 6.75. The standard InChI is InChI=1S/C21H25FN2O2S2/c1-2-26-20(25)18-16-6-4-3-5-7-17(16)28-19(18)24-21(27)23-13-12-14-8-10-15(22)11-9-14/h8-11H,2-7,12-13H2,1H3,(H2,23,24,27). The number of ether oxygens (including phenoxy) is 1. The number of esters is 1. The Morgan fingerprint density at radius 1 is 1.21 bits per heavy atom. The van der Waals surface area contributed by atoms with E-state index in [1.54, 1.807) is 23.5 Å². The number of carbonyl (C=O) groups excluding carboxylic acids is 1. The van der Waals surface area contributed by atoms with E-state index in [1.165, 1.54) is 23.4 Å². The molecule has 0 saturated carbocycles. The number of nitrogens with one attached hydrogen (secondary N) is 2. The van der Waals surface area contributed by atoms with Crippen LogP contribution < -0.4 is 10.6 Å². The maximum absolute atomic E-state index is 13.0. The molecule has 1 aromatic heterocycles. The summed E-state index contributed by atoms with van der Waals surface area (Å²) in [5.74, 6) is -0.517. The summed E-state index contributed by atoms with van der Waals surface area (Å²) < 4.78 is 18.3. The SMILES string of the molecule is CCOC(=O)c1c(NC(=S)NCCc2ccc(F)cc2)sc2c1CCCCC2. The summed E-state index contributed by atoms with van der Waals surface area (Å²) in [4.78, 5) is 13.8. The number of fused-ring (bicyclic) bond motifs is 1. The van der Waals surface area contributed by atoms with Crippen LogP contribution in [-0.2, 0) is 24.0 Å². The molecule has 0 radical (unpaired) electrons. The van der Waals surface area contributed by atoms with Crippen molar-refractivity contribution in [2.45, 2.75) is 45.4 Å². The van der Waals surface area contributed by atoms with E-state index < -0.39 is 0 Å². The Balaban J connectivity index is 1.65. The zero-order valence-corrected chi connectivity index (χ0v) is 17.6. The minimum Gasteiger partial charge on any atom is -0.462 e. The van der Waals surface area contributed by atoms with Gasteiger partial charge in [0.2, 0.25) is 0 Å². The number of benzene rings is 1. The molecule has 0 spiro atoms. The molecule has 0 saturated heterocycles. The Morgan fingerprint density at radius 2 is 1.96 bits per heavy atom. The average molecular weight is 421 g/mol. The van der Waals surface area contributed by atoms with Crippen molar-refractivity contribution >= 4 is 39.6 Å². The molecule has 0 unspecified atom stereocenters. The van der Waals surface area contributed by atoms with Crippen molar-refractivity contribution in [1.29, 1.82) is 0 Å². The highest BCUT2D eigenvalue weighted by Crippen LogP contribution is 2.38. The van der Waals surface area contributed by atoms with Crippen molar-refractivity contribution in [1.82, 2.24) is 5.32 Å². The Kier molecular flexibility index (Phi) is 7.39. The predicted molar refractivity (Wildman–Crippen MR) is 116 cm³/mol. The first-order valence-electron chi connectivity index (χ1n) is 9.69. The van der Waals surface area contributed by atoms with Gasteiger partial charge in [0, 0.05) is 11.4 Å². The number of aryl methyl sites for hydroxylation is 1. The van der Waals surface area contributed by atoms with Crippen LogP contribution in [0.15, 0.2) is 24.3 Å². The largest absolute Gasteiger partial charge is 0.462 e. The molecule has 150 valence electrons. The Morgan fingerprint density at radius 3 is 2.71 bits per heavy atom. The molecule has 2 N–H and O–H groups in total. The van der Waals surface area contributed by atoms with Crippen molar-refractivity contribution in [2.24, 2.45) is 0 Å². The zero-order chi connectivity index (χ0) is 19.9. The molecular weight excluding hydrogens is 395 g/mol. The lowest BCUT2D eigenvalue weighted by Crippen LogP contribution is -2.30. The van der Waals surface area contributed by atoms with Gasteiger partial charge >= 0.3 is 5.97 Å². The number of halogens is 1. The molecule has 0 aliphatic heterocycles. The fraction of sp³-hybridized carbons (Fsp3) is 0.429. The first kappa shape index (κ1) is 20.7. The molecule has 7 heteroatoms. The minimum absolute atomic E-state index is 0.238. The summed E-state index contributed by atoms with van der Waals surface area (Å²) in [5, 5.41) is 7.61. The van der Waals surface area contributed by atoms with E-state index in [9.17, 15) is 9.18 Å². The molecule has 0 fully saturated rings. The van der Waals surface area contributed by atoms with Gasteiger partial charge in [0.25, 0.3) is 0 Å². The van der Waals surface area contributed by atoms with Crippen LogP contribution in [0.1, 0.15) is 52.5 Å². The third kappa shape index (κ3) is 5.29. The van der Waals surface area contributed by atoms with Gasteiger partial charge in [-0.15, -0.1) is 11.3 Å².